The predicted octanol–water partition coefficient (Wildman–Crippen LogP) is 0.291. The minimum atomic E-state index is -0.213. The minimum absolute atomic E-state index is 0.172. The van der Waals surface area contributed by atoms with E-state index in [1.165, 1.54) is 6.20 Å². The van der Waals surface area contributed by atoms with Crippen molar-refractivity contribution in [2.75, 3.05) is 19.4 Å². The molecule has 0 spiro atoms. The summed E-state index contributed by atoms with van der Waals surface area (Å²) in [5.74, 6) is 0.0761. The first-order valence-electron chi connectivity index (χ1n) is 5.29. The molecule has 1 aliphatic carbocycles. The van der Waals surface area contributed by atoms with Gasteiger partial charge in [-0.3, -0.25) is 9.89 Å². The van der Waals surface area contributed by atoms with Gasteiger partial charge in [0.2, 0.25) is 0 Å². The lowest BCUT2D eigenvalue weighted by Gasteiger charge is -2.40. The van der Waals surface area contributed by atoms with Gasteiger partial charge in [-0.05, 0) is 19.3 Å². The molecule has 0 atom stereocenters. The number of amides is 1. The number of nitrogens with two attached hydrogens (primary N) is 1. The molecule has 1 amide bonds. The minimum Gasteiger partial charge on any atom is -0.383 e. The number of rotatable bonds is 4. The molecule has 6 nitrogen and oxygen atoms in total. The van der Waals surface area contributed by atoms with Gasteiger partial charge in [-0.2, -0.15) is 5.10 Å². The van der Waals surface area contributed by atoms with E-state index in [4.69, 9.17) is 10.5 Å². The quantitative estimate of drug-likeness (QED) is 0.685. The van der Waals surface area contributed by atoms with Crippen LogP contribution in [0.1, 0.15) is 29.6 Å². The Kier molecular flexibility index (Phi) is 2.82. The normalized spacial score (nSPS) is 17.8. The Hall–Kier alpha value is -1.56. The fourth-order valence-corrected chi connectivity index (χ4v) is 1.84. The van der Waals surface area contributed by atoms with Crippen molar-refractivity contribution < 1.29 is 9.53 Å². The number of carbonyl (C=O) groups is 1. The Morgan fingerprint density at radius 3 is 2.94 bits per heavy atom. The largest absolute Gasteiger partial charge is 0.383 e. The van der Waals surface area contributed by atoms with Crippen molar-refractivity contribution in [3.63, 3.8) is 0 Å². The fraction of sp³-hybridized carbons (Fsp3) is 0.600. The molecule has 1 aromatic rings. The number of ether oxygens (including phenoxy) is 1. The van der Waals surface area contributed by atoms with Crippen LogP contribution in [0.5, 0.6) is 0 Å². The Morgan fingerprint density at radius 2 is 2.50 bits per heavy atom. The molecular weight excluding hydrogens is 208 g/mol. The number of nitrogen functional groups attached to an aromatic ring is 1. The molecule has 4 N–H and O–H groups in total. The van der Waals surface area contributed by atoms with Crippen LogP contribution >= 0.6 is 0 Å². The lowest BCUT2D eigenvalue weighted by Crippen LogP contribution is -2.49. The molecule has 0 aliphatic heterocycles. The third kappa shape index (κ3) is 1.88. The molecule has 1 aromatic heterocycles. The van der Waals surface area contributed by atoms with Gasteiger partial charge in [-0.15, -0.1) is 0 Å². The maximum absolute atomic E-state index is 11.7. The van der Waals surface area contributed by atoms with E-state index < -0.39 is 0 Å². The summed E-state index contributed by atoms with van der Waals surface area (Å²) in [5, 5.41) is 9.04. The molecule has 0 saturated heterocycles. The molecule has 88 valence electrons. The molecule has 1 fully saturated rings. The number of methoxy groups -OCH3 is 1. The van der Waals surface area contributed by atoms with E-state index in [1.54, 1.807) is 7.11 Å². The first kappa shape index (κ1) is 10.9. The van der Waals surface area contributed by atoms with E-state index >= 15 is 0 Å². The van der Waals surface area contributed by atoms with Gasteiger partial charge in [0.25, 0.3) is 5.91 Å². The van der Waals surface area contributed by atoms with Crippen LogP contribution in [0, 0.1) is 0 Å². The van der Waals surface area contributed by atoms with Gasteiger partial charge >= 0.3 is 0 Å². The third-order valence-corrected chi connectivity index (χ3v) is 3.18. The maximum atomic E-state index is 11.7. The number of anilines is 1. The predicted molar refractivity (Wildman–Crippen MR) is 58.9 cm³/mol. The summed E-state index contributed by atoms with van der Waals surface area (Å²) in [7, 11) is 1.68. The number of hydrogen-bond donors (Lipinski definition) is 3. The van der Waals surface area contributed by atoms with E-state index in [0.717, 1.165) is 19.3 Å². The van der Waals surface area contributed by atoms with Gasteiger partial charge in [0.05, 0.1) is 11.8 Å². The molecule has 2 rings (SSSR count). The Balaban J connectivity index is 1.91. The van der Waals surface area contributed by atoms with Crippen LogP contribution in [0.3, 0.4) is 0 Å². The Labute approximate surface area is 93.5 Å². The molecule has 1 aliphatic rings. The van der Waals surface area contributed by atoms with Crippen LogP contribution < -0.4 is 11.1 Å². The summed E-state index contributed by atoms with van der Waals surface area (Å²) in [6.07, 6.45) is 4.55. The summed E-state index contributed by atoms with van der Waals surface area (Å²) in [6.45, 7) is 0.521. The van der Waals surface area contributed by atoms with Crippen LogP contribution in [0.25, 0.3) is 0 Å². The number of carbonyl (C=O) groups excluding carboxylic acids is 1. The highest BCUT2D eigenvalue weighted by Gasteiger charge is 2.37. The lowest BCUT2D eigenvalue weighted by atomic mass is 9.80. The van der Waals surface area contributed by atoms with Crippen LogP contribution in [-0.2, 0) is 4.74 Å². The second kappa shape index (κ2) is 4.13. The van der Waals surface area contributed by atoms with Gasteiger partial charge in [0.15, 0.2) is 0 Å². The Bertz CT molecular complexity index is 378. The van der Waals surface area contributed by atoms with Crippen LogP contribution in [0.2, 0.25) is 0 Å². The second-order valence-corrected chi connectivity index (χ2v) is 4.12. The maximum Gasteiger partial charge on any atom is 0.256 e. The molecule has 16 heavy (non-hydrogen) atoms. The molecule has 1 heterocycles. The Morgan fingerprint density at radius 1 is 1.75 bits per heavy atom. The topological polar surface area (TPSA) is 93.0 Å². The number of aromatic nitrogens is 2. The molecule has 6 heteroatoms. The summed E-state index contributed by atoms with van der Waals surface area (Å²) in [4.78, 5) is 11.7. The van der Waals surface area contributed by atoms with E-state index in [1.807, 2.05) is 0 Å². The number of nitrogens with one attached hydrogen (secondary N) is 2. The molecule has 0 radical (unpaired) electrons. The molecular formula is C10H16N4O2. The second-order valence-electron chi connectivity index (χ2n) is 4.12. The molecule has 0 bridgehead atoms. The smallest absolute Gasteiger partial charge is 0.256 e. The van der Waals surface area contributed by atoms with Crippen molar-refractivity contribution in [2.24, 2.45) is 0 Å². The van der Waals surface area contributed by atoms with E-state index in [9.17, 15) is 4.79 Å². The van der Waals surface area contributed by atoms with Crippen molar-refractivity contribution in [1.29, 1.82) is 0 Å². The van der Waals surface area contributed by atoms with Gasteiger partial charge in [-0.25, -0.2) is 0 Å². The van der Waals surface area contributed by atoms with Crippen molar-refractivity contribution in [2.45, 2.75) is 24.9 Å². The number of nitrogens with zero attached hydrogens (tertiary/aromatic N) is 1. The van der Waals surface area contributed by atoms with Crippen molar-refractivity contribution in [3.05, 3.63) is 11.8 Å². The van der Waals surface area contributed by atoms with Gasteiger partial charge in [-0.1, -0.05) is 0 Å². The average Bonchev–Trinajstić information content (AvgIpc) is 2.63. The molecule has 0 unspecified atom stereocenters. The third-order valence-electron chi connectivity index (χ3n) is 3.18. The molecule has 0 aromatic carbocycles. The highest BCUT2D eigenvalue weighted by Crippen LogP contribution is 2.34. The summed E-state index contributed by atoms with van der Waals surface area (Å²) in [6, 6.07) is 0. The lowest BCUT2D eigenvalue weighted by molar-refractivity contribution is -0.0679. The van der Waals surface area contributed by atoms with Gasteiger partial charge in [0.1, 0.15) is 11.4 Å². The van der Waals surface area contributed by atoms with E-state index in [-0.39, 0.29) is 17.3 Å². The van der Waals surface area contributed by atoms with Gasteiger partial charge in [0, 0.05) is 13.7 Å². The standard InChI is InChI=1S/C10H16N4O2/c1-16-10(3-2-4-10)6-12-9(15)7-5-13-14-8(7)11/h5H,2-4,6H2,1H3,(H,12,15)(H3,11,13,14). The summed E-state index contributed by atoms with van der Waals surface area (Å²) < 4.78 is 5.40. The van der Waals surface area contributed by atoms with Crippen molar-refractivity contribution in [1.82, 2.24) is 15.5 Å². The van der Waals surface area contributed by atoms with Gasteiger partial charge < -0.3 is 15.8 Å². The first-order valence-corrected chi connectivity index (χ1v) is 5.29. The fourth-order valence-electron chi connectivity index (χ4n) is 1.84. The van der Waals surface area contributed by atoms with Crippen molar-refractivity contribution in [3.8, 4) is 0 Å². The van der Waals surface area contributed by atoms with E-state index in [2.05, 4.69) is 15.5 Å². The van der Waals surface area contributed by atoms with Crippen LogP contribution in [0.4, 0.5) is 5.82 Å². The number of H-pyrrole nitrogens is 1. The zero-order valence-electron chi connectivity index (χ0n) is 9.25. The highest BCUT2D eigenvalue weighted by atomic mass is 16.5. The summed E-state index contributed by atoms with van der Waals surface area (Å²) >= 11 is 0. The van der Waals surface area contributed by atoms with E-state index in [0.29, 0.717) is 12.1 Å². The monoisotopic (exact) mass is 224 g/mol. The van der Waals surface area contributed by atoms with Crippen LogP contribution in [0.15, 0.2) is 6.20 Å². The zero-order valence-corrected chi connectivity index (χ0v) is 9.25. The average molecular weight is 224 g/mol. The number of aromatic amines is 1. The summed E-state index contributed by atoms with van der Waals surface area (Å²) in [5.41, 5.74) is 5.76. The van der Waals surface area contributed by atoms with Crippen LogP contribution in [-0.4, -0.2) is 35.4 Å². The number of hydrogen-bond acceptors (Lipinski definition) is 4. The highest BCUT2D eigenvalue weighted by molar-refractivity contribution is 5.98. The molecule has 1 saturated carbocycles. The van der Waals surface area contributed by atoms with Crippen molar-refractivity contribution >= 4 is 11.7 Å². The SMILES string of the molecule is COC1(CNC(=O)c2cn[nH]c2N)CCC1. The zero-order chi connectivity index (χ0) is 11.6. The first-order chi connectivity index (χ1) is 7.67.